The molecule has 2 amide bonds. The van der Waals surface area contributed by atoms with Crippen LogP contribution >= 0.6 is 0 Å². The van der Waals surface area contributed by atoms with E-state index in [0.29, 0.717) is 23.9 Å². The van der Waals surface area contributed by atoms with Gasteiger partial charge in [0.05, 0.1) is 0 Å². The Bertz CT molecular complexity index is 497. The van der Waals surface area contributed by atoms with Gasteiger partial charge in [-0.25, -0.2) is 9.59 Å². The van der Waals surface area contributed by atoms with E-state index in [1.165, 1.54) is 12.8 Å². The van der Waals surface area contributed by atoms with Crippen LogP contribution in [0.5, 0.6) is 5.75 Å². The summed E-state index contributed by atoms with van der Waals surface area (Å²) in [4.78, 5) is 24.3. The number of nitrogens with one attached hydrogen (secondary N) is 1. The molecule has 1 saturated carbocycles. The molecule has 114 valence electrons. The Labute approximate surface area is 123 Å². The van der Waals surface area contributed by atoms with Gasteiger partial charge in [-0.05, 0) is 49.9 Å². The van der Waals surface area contributed by atoms with Gasteiger partial charge in [-0.15, -0.1) is 0 Å². The van der Waals surface area contributed by atoms with Crippen molar-refractivity contribution in [2.45, 2.75) is 19.8 Å². The van der Waals surface area contributed by atoms with Crippen LogP contribution in [-0.2, 0) is 4.79 Å². The second-order valence-corrected chi connectivity index (χ2v) is 5.12. The molecule has 6 heteroatoms. The standard InChI is InChI=1S/C15H20N2O4/c1-2-17(9-11-3-4-11)15(20)16-12-5-7-13(8-6-12)21-10-14(18)19/h5-8,11H,2-4,9-10H2,1H3,(H,16,20)(H,18,19). The van der Waals surface area contributed by atoms with E-state index in [-0.39, 0.29) is 12.6 Å². The first kappa shape index (κ1) is 15.2. The monoisotopic (exact) mass is 292 g/mol. The quantitative estimate of drug-likeness (QED) is 0.809. The average Bonchev–Trinajstić information content (AvgIpc) is 3.28. The molecular formula is C15H20N2O4. The molecule has 0 aromatic heterocycles. The van der Waals surface area contributed by atoms with Crippen molar-refractivity contribution in [1.29, 1.82) is 0 Å². The second kappa shape index (κ2) is 6.97. The summed E-state index contributed by atoms with van der Waals surface area (Å²) in [5.41, 5.74) is 0.664. The molecule has 2 N–H and O–H groups in total. The lowest BCUT2D eigenvalue weighted by Crippen LogP contribution is -2.36. The van der Waals surface area contributed by atoms with Crippen LogP contribution in [0.4, 0.5) is 10.5 Å². The first-order valence-electron chi connectivity index (χ1n) is 7.09. The minimum absolute atomic E-state index is 0.108. The molecule has 0 heterocycles. The average molecular weight is 292 g/mol. The zero-order valence-corrected chi connectivity index (χ0v) is 12.0. The number of ether oxygens (including phenoxy) is 1. The molecule has 1 aromatic rings. The van der Waals surface area contributed by atoms with Gasteiger partial charge in [0.15, 0.2) is 6.61 Å². The minimum Gasteiger partial charge on any atom is -0.482 e. The van der Waals surface area contributed by atoms with E-state index in [1.54, 1.807) is 29.2 Å². The molecule has 1 aromatic carbocycles. The largest absolute Gasteiger partial charge is 0.482 e. The van der Waals surface area contributed by atoms with E-state index in [0.717, 1.165) is 6.54 Å². The molecule has 0 spiro atoms. The van der Waals surface area contributed by atoms with Gasteiger partial charge in [-0.3, -0.25) is 0 Å². The molecule has 1 aliphatic rings. The van der Waals surface area contributed by atoms with Crippen molar-refractivity contribution >= 4 is 17.7 Å². The summed E-state index contributed by atoms with van der Waals surface area (Å²) in [5, 5.41) is 11.4. The van der Waals surface area contributed by atoms with Crippen LogP contribution in [-0.4, -0.2) is 41.7 Å². The van der Waals surface area contributed by atoms with Crippen molar-refractivity contribution < 1.29 is 19.4 Å². The number of nitrogens with zero attached hydrogens (tertiary/aromatic N) is 1. The number of amides is 2. The summed E-state index contributed by atoms with van der Waals surface area (Å²) in [7, 11) is 0. The van der Waals surface area contributed by atoms with E-state index in [1.807, 2.05) is 6.92 Å². The molecule has 1 fully saturated rings. The maximum Gasteiger partial charge on any atom is 0.341 e. The third-order valence-electron chi connectivity index (χ3n) is 3.31. The SMILES string of the molecule is CCN(CC1CC1)C(=O)Nc1ccc(OCC(=O)O)cc1. The normalized spacial score (nSPS) is 13.6. The number of hydrogen-bond acceptors (Lipinski definition) is 3. The van der Waals surface area contributed by atoms with Crippen molar-refractivity contribution in [3.63, 3.8) is 0 Å². The van der Waals surface area contributed by atoms with E-state index in [9.17, 15) is 9.59 Å². The summed E-state index contributed by atoms with van der Waals surface area (Å²) in [6.45, 7) is 3.08. The fourth-order valence-corrected chi connectivity index (χ4v) is 1.95. The van der Waals surface area contributed by atoms with Crippen LogP contribution in [0, 0.1) is 5.92 Å². The number of carboxylic acids is 1. The Hall–Kier alpha value is -2.24. The van der Waals surface area contributed by atoms with Gasteiger partial charge in [0.2, 0.25) is 0 Å². The molecule has 6 nitrogen and oxygen atoms in total. The van der Waals surface area contributed by atoms with Crippen molar-refractivity contribution in [2.24, 2.45) is 5.92 Å². The molecule has 0 atom stereocenters. The first-order valence-corrected chi connectivity index (χ1v) is 7.09. The molecule has 1 aliphatic carbocycles. The highest BCUT2D eigenvalue weighted by molar-refractivity contribution is 5.89. The zero-order valence-electron chi connectivity index (χ0n) is 12.0. The third kappa shape index (κ3) is 4.98. The predicted octanol–water partition coefficient (Wildman–Crippen LogP) is 2.41. The maximum atomic E-state index is 12.1. The Morgan fingerprint density at radius 3 is 2.52 bits per heavy atom. The third-order valence-corrected chi connectivity index (χ3v) is 3.31. The highest BCUT2D eigenvalue weighted by Gasteiger charge is 2.25. The summed E-state index contributed by atoms with van der Waals surface area (Å²) >= 11 is 0. The van der Waals surface area contributed by atoms with E-state index in [2.05, 4.69) is 5.32 Å². The summed E-state index contributed by atoms with van der Waals surface area (Å²) in [6.07, 6.45) is 2.42. The Balaban J connectivity index is 1.86. The van der Waals surface area contributed by atoms with Crippen LogP contribution < -0.4 is 10.1 Å². The number of carbonyl (C=O) groups excluding carboxylic acids is 1. The fourth-order valence-electron chi connectivity index (χ4n) is 1.95. The van der Waals surface area contributed by atoms with Crippen LogP contribution in [0.25, 0.3) is 0 Å². The summed E-state index contributed by atoms with van der Waals surface area (Å²) in [5.74, 6) is 0.0919. The molecule has 21 heavy (non-hydrogen) atoms. The lowest BCUT2D eigenvalue weighted by Gasteiger charge is -2.21. The lowest BCUT2D eigenvalue weighted by atomic mass is 10.3. The van der Waals surface area contributed by atoms with E-state index < -0.39 is 5.97 Å². The Kier molecular flexibility index (Phi) is 5.03. The minimum atomic E-state index is -1.02. The zero-order chi connectivity index (χ0) is 15.2. The predicted molar refractivity (Wildman–Crippen MR) is 78.6 cm³/mol. The number of benzene rings is 1. The number of urea groups is 1. The van der Waals surface area contributed by atoms with Crippen LogP contribution in [0.2, 0.25) is 0 Å². The number of anilines is 1. The van der Waals surface area contributed by atoms with Gasteiger partial charge in [0.25, 0.3) is 0 Å². The number of aliphatic carboxylic acids is 1. The molecular weight excluding hydrogens is 272 g/mol. The van der Waals surface area contributed by atoms with Gasteiger partial charge in [-0.1, -0.05) is 0 Å². The van der Waals surface area contributed by atoms with E-state index in [4.69, 9.17) is 9.84 Å². The Morgan fingerprint density at radius 2 is 2.00 bits per heavy atom. The highest BCUT2D eigenvalue weighted by atomic mass is 16.5. The van der Waals surface area contributed by atoms with Crippen molar-refractivity contribution in [3.8, 4) is 5.75 Å². The highest BCUT2D eigenvalue weighted by Crippen LogP contribution is 2.29. The number of hydrogen-bond donors (Lipinski definition) is 2. The fraction of sp³-hybridized carbons (Fsp3) is 0.467. The molecule has 0 saturated heterocycles. The van der Waals surface area contributed by atoms with Crippen molar-refractivity contribution in [1.82, 2.24) is 4.90 Å². The molecule has 0 radical (unpaired) electrons. The van der Waals surface area contributed by atoms with Gasteiger partial charge in [-0.2, -0.15) is 0 Å². The van der Waals surface area contributed by atoms with Gasteiger partial charge in [0, 0.05) is 18.8 Å². The number of rotatable bonds is 7. The van der Waals surface area contributed by atoms with Gasteiger partial charge < -0.3 is 20.1 Å². The lowest BCUT2D eigenvalue weighted by molar-refractivity contribution is -0.139. The second-order valence-electron chi connectivity index (χ2n) is 5.12. The molecule has 2 rings (SSSR count). The van der Waals surface area contributed by atoms with Crippen molar-refractivity contribution in [3.05, 3.63) is 24.3 Å². The smallest absolute Gasteiger partial charge is 0.341 e. The van der Waals surface area contributed by atoms with Crippen molar-refractivity contribution in [2.75, 3.05) is 25.0 Å². The van der Waals surface area contributed by atoms with Crippen LogP contribution in [0.3, 0.4) is 0 Å². The van der Waals surface area contributed by atoms with Gasteiger partial charge in [0.1, 0.15) is 5.75 Å². The molecule has 0 unspecified atom stereocenters. The van der Waals surface area contributed by atoms with Crippen LogP contribution in [0.1, 0.15) is 19.8 Å². The number of carboxylic acid groups (broad SMARTS) is 1. The number of carbonyl (C=O) groups is 2. The summed E-state index contributed by atoms with van der Waals surface area (Å²) < 4.78 is 5.03. The van der Waals surface area contributed by atoms with Crippen LogP contribution in [0.15, 0.2) is 24.3 Å². The van der Waals surface area contributed by atoms with E-state index >= 15 is 0 Å². The van der Waals surface area contributed by atoms with Gasteiger partial charge >= 0.3 is 12.0 Å². The summed E-state index contributed by atoms with van der Waals surface area (Å²) in [6, 6.07) is 6.55. The molecule has 0 aliphatic heterocycles. The molecule has 0 bridgehead atoms. The first-order chi connectivity index (χ1) is 10.1. The Morgan fingerprint density at radius 1 is 1.33 bits per heavy atom. The topological polar surface area (TPSA) is 78.9 Å². The maximum absolute atomic E-state index is 12.1.